The number of sulfonamides is 1. The average molecular weight is 252 g/mol. The number of nitrogens with one attached hydrogen (secondary N) is 1. The monoisotopic (exact) mass is 252 g/mol. The van der Waals surface area contributed by atoms with E-state index in [-0.39, 0.29) is 11.2 Å². The standard InChI is InChI=1S/C9H20N2O2S2/c1-9(2,3)5-7-15(12,13)11-6-4-8(10)14/h11H,4-7H2,1-3H3,(H2,10,14). The molecular weight excluding hydrogens is 232 g/mol. The Morgan fingerprint density at radius 3 is 2.33 bits per heavy atom. The van der Waals surface area contributed by atoms with Crippen LogP contribution in [0, 0.1) is 5.41 Å². The lowest BCUT2D eigenvalue weighted by Crippen LogP contribution is -2.30. The summed E-state index contributed by atoms with van der Waals surface area (Å²) in [5.74, 6) is 0.147. The van der Waals surface area contributed by atoms with Crippen LogP contribution >= 0.6 is 12.2 Å². The highest BCUT2D eigenvalue weighted by atomic mass is 32.2. The minimum Gasteiger partial charge on any atom is -0.393 e. The van der Waals surface area contributed by atoms with Crippen LogP contribution in [0.3, 0.4) is 0 Å². The van der Waals surface area contributed by atoms with Gasteiger partial charge in [0.2, 0.25) is 10.0 Å². The third-order valence-corrected chi connectivity index (χ3v) is 3.40. The van der Waals surface area contributed by atoms with Gasteiger partial charge in [-0.15, -0.1) is 0 Å². The Bertz CT molecular complexity index is 305. The quantitative estimate of drug-likeness (QED) is 0.692. The summed E-state index contributed by atoms with van der Waals surface area (Å²) in [7, 11) is -3.18. The van der Waals surface area contributed by atoms with Gasteiger partial charge < -0.3 is 5.73 Å². The topological polar surface area (TPSA) is 72.2 Å². The van der Waals surface area contributed by atoms with Crippen LogP contribution in [-0.2, 0) is 10.0 Å². The first-order chi connectivity index (χ1) is 6.62. The minimum absolute atomic E-state index is 0.0257. The molecule has 0 aromatic carbocycles. The number of nitrogens with two attached hydrogens (primary N) is 1. The lowest BCUT2D eigenvalue weighted by molar-refractivity contribution is 0.396. The highest BCUT2D eigenvalue weighted by molar-refractivity contribution is 7.89. The molecule has 0 rings (SSSR count). The smallest absolute Gasteiger partial charge is 0.211 e. The van der Waals surface area contributed by atoms with Gasteiger partial charge in [-0.1, -0.05) is 33.0 Å². The van der Waals surface area contributed by atoms with Crippen molar-refractivity contribution in [3.05, 3.63) is 0 Å². The Balaban J connectivity index is 3.94. The Hall–Kier alpha value is -0.200. The normalized spacial score (nSPS) is 12.7. The zero-order chi connectivity index (χ0) is 12.1. The van der Waals surface area contributed by atoms with Gasteiger partial charge in [0.25, 0.3) is 0 Å². The summed E-state index contributed by atoms with van der Waals surface area (Å²) in [6.45, 7) is 6.33. The van der Waals surface area contributed by atoms with Crippen molar-refractivity contribution in [2.45, 2.75) is 33.6 Å². The van der Waals surface area contributed by atoms with E-state index in [4.69, 9.17) is 5.73 Å². The van der Waals surface area contributed by atoms with Crippen LogP contribution < -0.4 is 10.5 Å². The van der Waals surface area contributed by atoms with Crippen LogP contribution in [0.5, 0.6) is 0 Å². The van der Waals surface area contributed by atoms with Crippen molar-refractivity contribution >= 4 is 27.2 Å². The summed E-state index contributed by atoms with van der Waals surface area (Å²) >= 11 is 4.65. The van der Waals surface area contributed by atoms with Gasteiger partial charge in [-0.25, -0.2) is 13.1 Å². The van der Waals surface area contributed by atoms with Crippen molar-refractivity contribution in [1.82, 2.24) is 4.72 Å². The van der Waals surface area contributed by atoms with Crippen molar-refractivity contribution in [2.24, 2.45) is 11.1 Å². The number of hydrogen-bond donors (Lipinski definition) is 2. The Morgan fingerprint density at radius 2 is 1.93 bits per heavy atom. The molecule has 0 spiro atoms. The molecule has 90 valence electrons. The second-order valence-electron chi connectivity index (χ2n) is 4.74. The predicted molar refractivity (Wildman–Crippen MR) is 67.3 cm³/mol. The first-order valence-electron chi connectivity index (χ1n) is 4.88. The maximum absolute atomic E-state index is 11.5. The summed E-state index contributed by atoms with van der Waals surface area (Å²) in [5.41, 5.74) is 5.29. The molecule has 0 aromatic rings. The summed E-state index contributed by atoms with van der Waals surface area (Å²) in [6, 6.07) is 0. The molecule has 0 fully saturated rings. The number of rotatable bonds is 6. The number of hydrogen-bond acceptors (Lipinski definition) is 3. The summed E-state index contributed by atoms with van der Waals surface area (Å²) in [6.07, 6.45) is 1.04. The second kappa shape index (κ2) is 5.77. The first-order valence-corrected chi connectivity index (χ1v) is 6.94. The van der Waals surface area contributed by atoms with Gasteiger partial charge in [0.1, 0.15) is 0 Å². The van der Waals surface area contributed by atoms with Gasteiger partial charge >= 0.3 is 0 Å². The Kier molecular flexibility index (Phi) is 5.69. The van der Waals surface area contributed by atoms with E-state index in [1.165, 1.54) is 0 Å². The average Bonchev–Trinajstić information content (AvgIpc) is 1.99. The van der Waals surface area contributed by atoms with E-state index in [9.17, 15) is 8.42 Å². The van der Waals surface area contributed by atoms with E-state index in [2.05, 4.69) is 16.9 Å². The van der Waals surface area contributed by atoms with Crippen LogP contribution in [0.2, 0.25) is 0 Å². The molecule has 0 radical (unpaired) electrons. The fourth-order valence-corrected chi connectivity index (χ4v) is 2.38. The molecule has 6 heteroatoms. The molecule has 0 aliphatic heterocycles. The van der Waals surface area contributed by atoms with Crippen molar-refractivity contribution < 1.29 is 8.42 Å². The van der Waals surface area contributed by atoms with Gasteiger partial charge in [0.15, 0.2) is 0 Å². The van der Waals surface area contributed by atoms with Crippen LogP contribution in [0.4, 0.5) is 0 Å². The molecule has 0 aliphatic carbocycles. The number of thiocarbonyl (C=S) groups is 1. The second-order valence-corrected chi connectivity index (χ2v) is 7.19. The molecule has 0 bridgehead atoms. The van der Waals surface area contributed by atoms with E-state index in [1.54, 1.807) is 0 Å². The van der Waals surface area contributed by atoms with E-state index < -0.39 is 10.0 Å². The van der Waals surface area contributed by atoms with Crippen molar-refractivity contribution in [3.8, 4) is 0 Å². The molecule has 0 aliphatic rings. The van der Waals surface area contributed by atoms with E-state index in [1.807, 2.05) is 20.8 Å². The lowest BCUT2D eigenvalue weighted by Gasteiger charge is -2.17. The summed E-state index contributed by atoms with van der Waals surface area (Å²) < 4.78 is 25.4. The van der Waals surface area contributed by atoms with Crippen LogP contribution in [0.1, 0.15) is 33.6 Å². The lowest BCUT2D eigenvalue weighted by atomic mass is 9.94. The molecule has 0 aromatic heterocycles. The molecular formula is C9H20N2O2S2. The zero-order valence-corrected chi connectivity index (χ0v) is 11.2. The molecule has 0 unspecified atom stereocenters. The van der Waals surface area contributed by atoms with Crippen LogP contribution in [0.15, 0.2) is 0 Å². The van der Waals surface area contributed by atoms with Crippen molar-refractivity contribution in [3.63, 3.8) is 0 Å². The predicted octanol–water partition coefficient (Wildman–Crippen LogP) is 1.02. The molecule has 0 atom stereocenters. The summed E-state index contributed by atoms with van der Waals surface area (Å²) in [5, 5.41) is 0. The van der Waals surface area contributed by atoms with E-state index >= 15 is 0 Å². The molecule has 0 amide bonds. The fraction of sp³-hybridized carbons (Fsp3) is 0.889. The van der Waals surface area contributed by atoms with Gasteiger partial charge in [0, 0.05) is 13.0 Å². The van der Waals surface area contributed by atoms with Gasteiger partial charge in [-0.2, -0.15) is 0 Å². The third-order valence-electron chi connectivity index (χ3n) is 1.81. The Labute approximate surface area is 97.7 Å². The van der Waals surface area contributed by atoms with Gasteiger partial charge in [-0.05, 0) is 11.8 Å². The first kappa shape index (κ1) is 14.8. The fourth-order valence-electron chi connectivity index (χ4n) is 0.842. The molecule has 0 saturated carbocycles. The maximum atomic E-state index is 11.5. The summed E-state index contributed by atoms with van der Waals surface area (Å²) in [4.78, 5) is 0.327. The maximum Gasteiger partial charge on any atom is 0.211 e. The van der Waals surface area contributed by atoms with E-state index in [0.29, 0.717) is 24.4 Å². The molecule has 0 saturated heterocycles. The highest BCUT2D eigenvalue weighted by Crippen LogP contribution is 2.18. The Morgan fingerprint density at radius 1 is 1.40 bits per heavy atom. The van der Waals surface area contributed by atoms with Crippen molar-refractivity contribution in [1.29, 1.82) is 0 Å². The van der Waals surface area contributed by atoms with Crippen LogP contribution in [-0.4, -0.2) is 25.7 Å². The molecule has 15 heavy (non-hydrogen) atoms. The molecule has 4 nitrogen and oxygen atoms in total. The third kappa shape index (κ3) is 10.1. The zero-order valence-electron chi connectivity index (χ0n) is 9.54. The van der Waals surface area contributed by atoms with Crippen molar-refractivity contribution in [2.75, 3.05) is 12.3 Å². The minimum atomic E-state index is -3.18. The van der Waals surface area contributed by atoms with E-state index in [0.717, 1.165) is 0 Å². The molecule has 3 N–H and O–H groups in total. The SMILES string of the molecule is CC(C)(C)CCS(=O)(=O)NCCC(N)=S. The van der Waals surface area contributed by atoms with Gasteiger partial charge in [-0.3, -0.25) is 0 Å². The highest BCUT2D eigenvalue weighted by Gasteiger charge is 2.16. The van der Waals surface area contributed by atoms with Crippen LogP contribution in [0.25, 0.3) is 0 Å². The molecule has 0 heterocycles. The largest absolute Gasteiger partial charge is 0.393 e. The van der Waals surface area contributed by atoms with Gasteiger partial charge in [0.05, 0.1) is 10.7 Å².